The van der Waals surface area contributed by atoms with Crippen molar-refractivity contribution in [3.63, 3.8) is 0 Å². The van der Waals surface area contributed by atoms with Crippen LogP contribution in [0.15, 0.2) is 24.5 Å². The van der Waals surface area contributed by atoms with E-state index in [1.807, 2.05) is 12.4 Å². The topological polar surface area (TPSA) is 24.9 Å². The molecule has 0 saturated carbocycles. The van der Waals surface area contributed by atoms with Crippen molar-refractivity contribution in [1.29, 1.82) is 0 Å². The molecule has 0 aromatic carbocycles. The summed E-state index contributed by atoms with van der Waals surface area (Å²) in [6.07, 6.45) is 4.91. The van der Waals surface area contributed by atoms with E-state index in [9.17, 15) is 0 Å². The molecule has 0 bridgehead atoms. The van der Waals surface area contributed by atoms with Crippen molar-refractivity contribution in [1.82, 2.24) is 10.3 Å². The molecule has 84 valence electrons. The van der Waals surface area contributed by atoms with Crippen molar-refractivity contribution in [2.45, 2.75) is 46.2 Å². The van der Waals surface area contributed by atoms with Crippen LogP contribution in [0.25, 0.3) is 0 Å². The van der Waals surface area contributed by atoms with Crippen LogP contribution in [0, 0.1) is 5.92 Å². The fraction of sp³-hybridized carbons (Fsp3) is 0.615. The van der Waals surface area contributed by atoms with E-state index in [0.717, 1.165) is 5.92 Å². The summed E-state index contributed by atoms with van der Waals surface area (Å²) in [6, 6.07) is 5.11. The summed E-state index contributed by atoms with van der Waals surface area (Å²) < 4.78 is 0. The van der Waals surface area contributed by atoms with Gasteiger partial charge < -0.3 is 5.32 Å². The lowest BCUT2D eigenvalue weighted by Gasteiger charge is -2.21. The van der Waals surface area contributed by atoms with E-state index in [0.29, 0.717) is 12.1 Å². The molecule has 0 aliphatic rings. The monoisotopic (exact) mass is 206 g/mol. The summed E-state index contributed by atoms with van der Waals surface area (Å²) in [5, 5.41) is 3.60. The highest BCUT2D eigenvalue weighted by Gasteiger charge is 2.10. The van der Waals surface area contributed by atoms with E-state index >= 15 is 0 Å². The first-order chi connectivity index (χ1) is 7.09. The summed E-state index contributed by atoms with van der Waals surface area (Å²) in [5.74, 6) is 0.747. The van der Waals surface area contributed by atoms with Crippen molar-refractivity contribution in [3.05, 3.63) is 30.1 Å². The van der Waals surface area contributed by atoms with Crippen molar-refractivity contribution in [2.75, 3.05) is 0 Å². The van der Waals surface area contributed by atoms with Crippen LogP contribution >= 0.6 is 0 Å². The molecule has 0 spiro atoms. The van der Waals surface area contributed by atoms with E-state index in [2.05, 4.69) is 50.1 Å². The maximum atomic E-state index is 4.03. The number of aromatic nitrogens is 1. The van der Waals surface area contributed by atoms with Crippen LogP contribution in [0.3, 0.4) is 0 Å². The van der Waals surface area contributed by atoms with Gasteiger partial charge >= 0.3 is 0 Å². The van der Waals surface area contributed by atoms with Crippen LogP contribution in [0.2, 0.25) is 0 Å². The minimum Gasteiger partial charge on any atom is -0.308 e. The van der Waals surface area contributed by atoms with Gasteiger partial charge in [0.15, 0.2) is 0 Å². The molecule has 2 unspecified atom stereocenters. The van der Waals surface area contributed by atoms with Crippen molar-refractivity contribution in [3.8, 4) is 0 Å². The summed E-state index contributed by atoms with van der Waals surface area (Å²) in [5.41, 5.74) is 1.31. The Balaban J connectivity index is 2.45. The highest BCUT2D eigenvalue weighted by Crippen LogP contribution is 2.13. The lowest BCUT2D eigenvalue weighted by atomic mass is 10.0. The Morgan fingerprint density at radius 2 is 1.73 bits per heavy atom. The number of hydrogen-bond acceptors (Lipinski definition) is 2. The Morgan fingerprint density at radius 3 is 2.27 bits per heavy atom. The van der Waals surface area contributed by atoms with Crippen LogP contribution in [0.1, 0.15) is 45.7 Å². The molecule has 1 aromatic heterocycles. The molecule has 1 heterocycles. The predicted molar refractivity (Wildman–Crippen MR) is 64.7 cm³/mol. The van der Waals surface area contributed by atoms with Crippen molar-refractivity contribution >= 4 is 0 Å². The van der Waals surface area contributed by atoms with Crippen molar-refractivity contribution < 1.29 is 0 Å². The summed E-state index contributed by atoms with van der Waals surface area (Å²) in [4.78, 5) is 4.03. The molecule has 0 aliphatic heterocycles. The molecule has 15 heavy (non-hydrogen) atoms. The fourth-order valence-electron chi connectivity index (χ4n) is 1.95. The molecular weight excluding hydrogens is 184 g/mol. The molecule has 0 amide bonds. The van der Waals surface area contributed by atoms with Gasteiger partial charge in [-0.2, -0.15) is 0 Å². The Kier molecular flexibility index (Phi) is 4.76. The summed E-state index contributed by atoms with van der Waals surface area (Å²) in [6.45, 7) is 8.97. The highest BCUT2D eigenvalue weighted by atomic mass is 14.9. The van der Waals surface area contributed by atoms with Gasteiger partial charge in [0.25, 0.3) is 0 Å². The van der Waals surface area contributed by atoms with Crippen LogP contribution in [-0.2, 0) is 0 Å². The Labute approximate surface area is 93.1 Å². The molecule has 1 N–H and O–H groups in total. The van der Waals surface area contributed by atoms with Crippen LogP contribution in [0.5, 0.6) is 0 Å². The number of nitrogens with zero attached hydrogens (tertiary/aromatic N) is 1. The standard InChI is InChI=1S/C13H22N2/c1-10(2)9-11(3)15-12(4)13-5-7-14-8-6-13/h5-8,10-12,15H,9H2,1-4H3. The molecule has 0 saturated heterocycles. The summed E-state index contributed by atoms with van der Waals surface area (Å²) in [7, 11) is 0. The minimum absolute atomic E-state index is 0.404. The quantitative estimate of drug-likeness (QED) is 0.800. The highest BCUT2D eigenvalue weighted by molar-refractivity contribution is 5.14. The van der Waals surface area contributed by atoms with Gasteiger partial charge in [-0.3, -0.25) is 4.98 Å². The van der Waals surface area contributed by atoms with Gasteiger partial charge in [-0.15, -0.1) is 0 Å². The number of nitrogens with one attached hydrogen (secondary N) is 1. The lowest BCUT2D eigenvalue weighted by molar-refractivity contribution is 0.406. The summed E-state index contributed by atoms with van der Waals surface area (Å²) >= 11 is 0. The SMILES string of the molecule is CC(C)CC(C)NC(C)c1ccncc1. The van der Waals surface area contributed by atoms with E-state index in [-0.39, 0.29) is 0 Å². The molecule has 2 atom stereocenters. The Hall–Kier alpha value is -0.890. The number of rotatable bonds is 5. The normalized spacial score (nSPS) is 15.3. The van der Waals surface area contributed by atoms with E-state index in [1.54, 1.807) is 0 Å². The van der Waals surface area contributed by atoms with E-state index in [1.165, 1.54) is 12.0 Å². The Morgan fingerprint density at radius 1 is 1.13 bits per heavy atom. The molecule has 2 heteroatoms. The Bertz CT molecular complexity index is 269. The van der Waals surface area contributed by atoms with Gasteiger partial charge in [0.05, 0.1) is 0 Å². The van der Waals surface area contributed by atoms with Crippen LogP contribution in [0.4, 0.5) is 0 Å². The zero-order valence-corrected chi connectivity index (χ0v) is 10.2. The first-order valence-electron chi connectivity index (χ1n) is 5.75. The fourth-order valence-corrected chi connectivity index (χ4v) is 1.95. The van der Waals surface area contributed by atoms with Gasteiger partial charge in [-0.05, 0) is 43.9 Å². The maximum absolute atomic E-state index is 4.03. The lowest BCUT2D eigenvalue weighted by Crippen LogP contribution is -2.30. The molecule has 1 rings (SSSR count). The smallest absolute Gasteiger partial charge is 0.0295 e. The van der Waals surface area contributed by atoms with Gasteiger partial charge in [-0.25, -0.2) is 0 Å². The first-order valence-corrected chi connectivity index (χ1v) is 5.75. The second kappa shape index (κ2) is 5.86. The molecule has 1 aromatic rings. The third kappa shape index (κ3) is 4.43. The van der Waals surface area contributed by atoms with Crippen LogP contribution < -0.4 is 5.32 Å². The average Bonchev–Trinajstić information content (AvgIpc) is 2.17. The molecule has 2 nitrogen and oxygen atoms in total. The second-order valence-corrected chi connectivity index (χ2v) is 4.70. The number of pyridine rings is 1. The molecular formula is C13H22N2. The minimum atomic E-state index is 0.404. The second-order valence-electron chi connectivity index (χ2n) is 4.70. The predicted octanol–water partition coefficient (Wildman–Crippen LogP) is 3.17. The molecule has 0 radical (unpaired) electrons. The average molecular weight is 206 g/mol. The largest absolute Gasteiger partial charge is 0.308 e. The molecule has 0 aliphatic carbocycles. The zero-order valence-electron chi connectivity index (χ0n) is 10.2. The maximum Gasteiger partial charge on any atom is 0.0295 e. The van der Waals surface area contributed by atoms with Gasteiger partial charge in [-0.1, -0.05) is 13.8 Å². The zero-order chi connectivity index (χ0) is 11.3. The molecule has 0 fully saturated rings. The van der Waals surface area contributed by atoms with E-state index in [4.69, 9.17) is 0 Å². The number of hydrogen-bond donors (Lipinski definition) is 1. The third-order valence-electron chi connectivity index (χ3n) is 2.57. The van der Waals surface area contributed by atoms with Crippen LogP contribution in [-0.4, -0.2) is 11.0 Å². The van der Waals surface area contributed by atoms with Crippen molar-refractivity contribution in [2.24, 2.45) is 5.92 Å². The van der Waals surface area contributed by atoms with E-state index < -0.39 is 0 Å². The first kappa shape index (κ1) is 12.2. The van der Waals surface area contributed by atoms with Gasteiger partial charge in [0.1, 0.15) is 0 Å². The van der Waals surface area contributed by atoms with Gasteiger partial charge in [0.2, 0.25) is 0 Å². The van der Waals surface area contributed by atoms with Gasteiger partial charge in [0, 0.05) is 24.5 Å². The third-order valence-corrected chi connectivity index (χ3v) is 2.57.